The number of rotatable bonds is 5. The normalized spacial score (nSPS) is 10.1. The first-order chi connectivity index (χ1) is 8.75. The Balaban J connectivity index is 1.80. The molecule has 0 spiro atoms. The van der Waals surface area contributed by atoms with E-state index in [0.29, 0.717) is 12.5 Å². The van der Waals surface area contributed by atoms with Gasteiger partial charge in [-0.3, -0.25) is 4.79 Å². The zero-order valence-corrected chi connectivity index (χ0v) is 10.00. The van der Waals surface area contributed by atoms with E-state index in [9.17, 15) is 4.79 Å². The van der Waals surface area contributed by atoms with Crippen molar-refractivity contribution in [3.63, 3.8) is 0 Å². The lowest BCUT2D eigenvalue weighted by Crippen LogP contribution is -2.35. The SMILES string of the molecule is CN(CC(=O)NCc1cnc[nH]1)c1ncccn1. The summed E-state index contributed by atoms with van der Waals surface area (Å²) in [5.74, 6) is 0.425. The standard InChI is InChI=1S/C11H14N6O/c1-17(11-13-3-2-4-14-11)7-10(18)15-6-9-5-12-8-16-9/h2-5,8H,6-7H2,1H3,(H,12,16)(H,15,18). The predicted octanol–water partition coefficient (Wildman–Crippen LogP) is -0.0477. The number of nitrogens with zero attached hydrogens (tertiary/aromatic N) is 4. The summed E-state index contributed by atoms with van der Waals surface area (Å²) >= 11 is 0. The molecule has 0 bridgehead atoms. The minimum Gasteiger partial charge on any atom is -0.349 e. The van der Waals surface area contributed by atoms with Gasteiger partial charge >= 0.3 is 0 Å². The molecule has 0 fully saturated rings. The van der Waals surface area contributed by atoms with Gasteiger partial charge in [-0.15, -0.1) is 0 Å². The zero-order valence-electron chi connectivity index (χ0n) is 10.00. The number of H-pyrrole nitrogens is 1. The number of aromatic nitrogens is 4. The quantitative estimate of drug-likeness (QED) is 0.772. The van der Waals surface area contributed by atoms with E-state index in [1.54, 1.807) is 42.9 Å². The third kappa shape index (κ3) is 3.27. The molecular formula is C11H14N6O. The van der Waals surface area contributed by atoms with Gasteiger partial charge in [0.25, 0.3) is 0 Å². The monoisotopic (exact) mass is 246 g/mol. The fraction of sp³-hybridized carbons (Fsp3) is 0.273. The maximum absolute atomic E-state index is 11.7. The Kier molecular flexibility index (Phi) is 3.85. The molecule has 2 heterocycles. The summed E-state index contributed by atoms with van der Waals surface area (Å²) in [7, 11) is 1.77. The Hall–Kier alpha value is -2.44. The molecule has 2 rings (SSSR count). The Bertz CT molecular complexity index is 483. The molecule has 2 aromatic rings. The number of amides is 1. The predicted molar refractivity (Wildman–Crippen MR) is 65.7 cm³/mol. The van der Waals surface area contributed by atoms with Gasteiger partial charge in [-0.05, 0) is 6.07 Å². The minimum absolute atomic E-state index is 0.0976. The van der Waals surface area contributed by atoms with Crippen molar-refractivity contribution in [2.75, 3.05) is 18.5 Å². The summed E-state index contributed by atoms with van der Waals surface area (Å²) in [5.41, 5.74) is 0.863. The van der Waals surface area contributed by atoms with Gasteiger partial charge < -0.3 is 15.2 Å². The van der Waals surface area contributed by atoms with Gasteiger partial charge in [-0.25, -0.2) is 15.0 Å². The second-order valence-electron chi connectivity index (χ2n) is 3.76. The second kappa shape index (κ2) is 5.76. The molecule has 1 amide bonds. The molecule has 2 N–H and O–H groups in total. The maximum Gasteiger partial charge on any atom is 0.239 e. The molecule has 7 nitrogen and oxygen atoms in total. The van der Waals surface area contributed by atoms with Crippen molar-refractivity contribution < 1.29 is 4.79 Å². The average molecular weight is 246 g/mol. The van der Waals surface area contributed by atoms with Crippen LogP contribution < -0.4 is 10.2 Å². The first-order valence-corrected chi connectivity index (χ1v) is 5.48. The van der Waals surface area contributed by atoms with Gasteiger partial charge in [-0.2, -0.15) is 0 Å². The molecule has 0 radical (unpaired) electrons. The lowest BCUT2D eigenvalue weighted by molar-refractivity contribution is -0.119. The van der Waals surface area contributed by atoms with Crippen LogP contribution in [0.2, 0.25) is 0 Å². The molecule has 0 saturated carbocycles. The molecule has 18 heavy (non-hydrogen) atoms. The fourth-order valence-corrected chi connectivity index (χ4v) is 1.41. The van der Waals surface area contributed by atoms with E-state index in [1.165, 1.54) is 0 Å². The molecule has 94 valence electrons. The molecule has 0 saturated heterocycles. The van der Waals surface area contributed by atoms with Crippen LogP contribution in [0.3, 0.4) is 0 Å². The number of nitrogens with one attached hydrogen (secondary N) is 2. The highest BCUT2D eigenvalue weighted by Crippen LogP contribution is 2.00. The van der Waals surface area contributed by atoms with Crippen molar-refractivity contribution in [3.8, 4) is 0 Å². The maximum atomic E-state index is 11.7. The van der Waals surface area contributed by atoms with E-state index >= 15 is 0 Å². The summed E-state index contributed by atoms with van der Waals surface area (Å²) in [6.07, 6.45) is 6.53. The number of imidazole rings is 1. The van der Waals surface area contributed by atoms with Gasteiger partial charge in [0.15, 0.2) is 0 Å². The summed E-state index contributed by atoms with van der Waals surface area (Å²) < 4.78 is 0. The molecule has 2 aromatic heterocycles. The lowest BCUT2D eigenvalue weighted by Gasteiger charge is -2.15. The van der Waals surface area contributed by atoms with Crippen LogP contribution in [0.1, 0.15) is 5.69 Å². The molecule has 0 aromatic carbocycles. The molecule has 0 aliphatic heterocycles. The van der Waals surface area contributed by atoms with Gasteiger partial charge in [0.05, 0.1) is 25.1 Å². The van der Waals surface area contributed by atoms with Crippen LogP contribution in [-0.4, -0.2) is 39.4 Å². The van der Waals surface area contributed by atoms with Crippen LogP contribution in [0, 0.1) is 0 Å². The summed E-state index contributed by atoms with van der Waals surface area (Å²) in [5, 5.41) is 2.78. The first-order valence-electron chi connectivity index (χ1n) is 5.48. The Morgan fingerprint density at radius 1 is 1.44 bits per heavy atom. The lowest BCUT2D eigenvalue weighted by atomic mass is 10.4. The van der Waals surface area contributed by atoms with Crippen LogP contribution in [0.25, 0.3) is 0 Å². The van der Waals surface area contributed by atoms with Crippen LogP contribution in [0.4, 0.5) is 5.95 Å². The topological polar surface area (TPSA) is 86.8 Å². The number of hydrogen-bond donors (Lipinski definition) is 2. The molecule has 0 aliphatic rings. The third-order valence-corrected chi connectivity index (χ3v) is 2.31. The number of carbonyl (C=O) groups is 1. The van der Waals surface area contributed by atoms with Crippen molar-refractivity contribution in [1.82, 2.24) is 25.3 Å². The van der Waals surface area contributed by atoms with Crippen molar-refractivity contribution in [2.24, 2.45) is 0 Å². The molecular weight excluding hydrogens is 232 g/mol. The molecule has 0 unspecified atom stereocenters. The first kappa shape index (κ1) is 12.0. The largest absolute Gasteiger partial charge is 0.349 e. The fourth-order valence-electron chi connectivity index (χ4n) is 1.41. The van der Waals surface area contributed by atoms with Crippen molar-refractivity contribution in [2.45, 2.75) is 6.54 Å². The van der Waals surface area contributed by atoms with E-state index < -0.39 is 0 Å². The van der Waals surface area contributed by atoms with E-state index in [-0.39, 0.29) is 12.5 Å². The molecule has 7 heteroatoms. The Morgan fingerprint density at radius 2 is 2.22 bits per heavy atom. The van der Waals surface area contributed by atoms with Crippen LogP contribution in [-0.2, 0) is 11.3 Å². The van der Waals surface area contributed by atoms with Crippen LogP contribution >= 0.6 is 0 Å². The number of hydrogen-bond acceptors (Lipinski definition) is 5. The van der Waals surface area contributed by atoms with Crippen molar-refractivity contribution in [1.29, 1.82) is 0 Å². The van der Waals surface area contributed by atoms with Gasteiger partial charge in [0, 0.05) is 25.6 Å². The average Bonchev–Trinajstić information content (AvgIpc) is 2.90. The highest BCUT2D eigenvalue weighted by Gasteiger charge is 2.08. The molecule has 0 aliphatic carbocycles. The smallest absolute Gasteiger partial charge is 0.239 e. The van der Waals surface area contributed by atoms with E-state index in [1.807, 2.05) is 0 Å². The van der Waals surface area contributed by atoms with Crippen molar-refractivity contribution >= 4 is 11.9 Å². The van der Waals surface area contributed by atoms with Gasteiger partial charge in [-0.1, -0.05) is 0 Å². The summed E-state index contributed by atoms with van der Waals surface area (Å²) in [6, 6.07) is 1.73. The van der Waals surface area contributed by atoms with E-state index in [4.69, 9.17) is 0 Å². The minimum atomic E-state index is -0.0976. The Labute approximate surface area is 104 Å². The number of likely N-dealkylation sites (N-methyl/N-ethyl adjacent to an activating group) is 1. The van der Waals surface area contributed by atoms with Gasteiger partial charge in [0.1, 0.15) is 0 Å². The van der Waals surface area contributed by atoms with Crippen molar-refractivity contribution in [3.05, 3.63) is 36.7 Å². The van der Waals surface area contributed by atoms with Gasteiger partial charge in [0.2, 0.25) is 11.9 Å². The van der Waals surface area contributed by atoms with E-state index in [2.05, 4.69) is 25.3 Å². The highest BCUT2D eigenvalue weighted by molar-refractivity contribution is 5.80. The third-order valence-electron chi connectivity index (χ3n) is 2.31. The summed E-state index contributed by atoms with van der Waals surface area (Å²) in [4.78, 5) is 28.3. The summed E-state index contributed by atoms with van der Waals surface area (Å²) in [6.45, 7) is 0.639. The number of carbonyl (C=O) groups excluding carboxylic acids is 1. The highest BCUT2D eigenvalue weighted by atomic mass is 16.2. The van der Waals surface area contributed by atoms with Crippen LogP contribution in [0.15, 0.2) is 31.0 Å². The molecule has 0 atom stereocenters. The number of aromatic amines is 1. The zero-order chi connectivity index (χ0) is 12.8. The number of anilines is 1. The van der Waals surface area contributed by atoms with E-state index in [0.717, 1.165) is 5.69 Å². The van der Waals surface area contributed by atoms with Crippen LogP contribution in [0.5, 0.6) is 0 Å². The second-order valence-corrected chi connectivity index (χ2v) is 3.76. The Morgan fingerprint density at radius 3 is 2.89 bits per heavy atom.